The largest absolute Gasteiger partial charge is 0.337 e. The van der Waals surface area contributed by atoms with Gasteiger partial charge in [-0.2, -0.15) is 0 Å². The van der Waals surface area contributed by atoms with E-state index in [0.29, 0.717) is 21.3 Å². The van der Waals surface area contributed by atoms with Crippen molar-refractivity contribution in [3.05, 3.63) is 57.6 Å². The van der Waals surface area contributed by atoms with Crippen molar-refractivity contribution in [2.24, 2.45) is 0 Å². The van der Waals surface area contributed by atoms with Gasteiger partial charge in [-0.05, 0) is 29.8 Å². The van der Waals surface area contributed by atoms with Crippen LogP contribution in [-0.4, -0.2) is 38.4 Å². The molecule has 0 saturated carbocycles. The quantitative estimate of drug-likeness (QED) is 0.712. The Bertz CT molecular complexity index is 1030. The summed E-state index contributed by atoms with van der Waals surface area (Å²) < 4.78 is 25.6. The van der Waals surface area contributed by atoms with Crippen LogP contribution in [0.1, 0.15) is 22.8 Å². The van der Waals surface area contributed by atoms with Gasteiger partial charge >= 0.3 is 0 Å². The molecule has 0 spiro atoms. The molecular weight excluding hydrogens is 425 g/mol. The predicted molar refractivity (Wildman–Crippen MR) is 111 cm³/mol. The molecule has 2 aromatic carbocycles. The summed E-state index contributed by atoms with van der Waals surface area (Å²) in [7, 11) is -2.06. The Labute approximate surface area is 173 Å². The van der Waals surface area contributed by atoms with Gasteiger partial charge in [0.2, 0.25) is 15.9 Å². The average Bonchev–Trinajstić information content (AvgIpc) is 2.58. The van der Waals surface area contributed by atoms with E-state index in [-0.39, 0.29) is 23.7 Å². The maximum absolute atomic E-state index is 13.0. The zero-order chi connectivity index (χ0) is 21.1. The minimum atomic E-state index is -3.61. The molecule has 0 aliphatic heterocycles. The van der Waals surface area contributed by atoms with Crippen LogP contribution in [0, 0.1) is 0 Å². The van der Waals surface area contributed by atoms with E-state index < -0.39 is 15.9 Å². The third-order valence-electron chi connectivity index (χ3n) is 3.65. The molecule has 0 radical (unpaired) electrons. The molecular formula is C18H19Cl2N3O4S. The van der Waals surface area contributed by atoms with E-state index in [1.807, 2.05) is 0 Å². The van der Waals surface area contributed by atoms with Crippen LogP contribution in [0.2, 0.25) is 10.0 Å². The molecule has 0 aromatic heterocycles. The lowest BCUT2D eigenvalue weighted by Gasteiger charge is -2.21. The highest BCUT2D eigenvalue weighted by molar-refractivity contribution is 7.92. The Kier molecular flexibility index (Phi) is 6.92. The number of carbonyl (C=O) groups excluding carboxylic acids is 2. The number of nitrogens with one attached hydrogen (secondary N) is 2. The number of nitrogens with zero attached hydrogens (tertiary/aromatic N) is 1. The van der Waals surface area contributed by atoms with Gasteiger partial charge in [-0.3, -0.25) is 14.3 Å². The lowest BCUT2D eigenvalue weighted by Crippen LogP contribution is -2.28. The Morgan fingerprint density at radius 1 is 1.14 bits per heavy atom. The van der Waals surface area contributed by atoms with Gasteiger partial charge in [-0.1, -0.05) is 35.3 Å². The van der Waals surface area contributed by atoms with Gasteiger partial charge in [0.15, 0.2) is 0 Å². The Balaban J connectivity index is 2.39. The van der Waals surface area contributed by atoms with E-state index in [1.54, 1.807) is 25.2 Å². The minimum absolute atomic E-state index is 0.0809. The van der Waals surface area contributed by atoms with E-state index in [4.69, 9.17) is 23.2 Å². The van der Waals surface area contributed by atoms with Gasteiger partial charge in [0.05, 0.1) is 27.6 Å². The molecule has 2 aromatic rings. The number of hydrogen-bond donors (Lipinski definition) is 2. The van der Waals surface area contributed by atoms with Crippen molar-refractivity contribution in [2.45, 2.75) is 13.5 Å². The van der Waals surface area contributed by atoms with Crippen LogP contribution in [0.25, 0.3) is 0 Å². The van der Waals surface area contributed by atoms with Crippen molar-refractivity contribution in [3.63, 3.8) is 0 Å². The fourth-order valence-electron chi connectivity index (χ4n) is 2.49. The first-order valence-electron chi connectivity index (χ1n) is 8.05. The highest BCUT2D eigenvalue weighted by atomic mass is 35.5. The maximum Gasteiger partial charge on any atom is 0.256 e. The zero-order valence-corrected chi connectivity index (χ0v) is 17.7. The Morgan fingerprint density at radius 2 is 1.82 bits per heavy atom. The topological polar surface area (TPSA) is 95.6 Å². The summed E-state index contributed by atoms with van der Waals surface area (Å²) in [6, 6.07) is 9.42. The molecule has 2 rings (SSSR count). The second-order valence-electron chi connectivity index (χ2n) is 6.19. The lowest BCUT2D eigenvalue weighted by atomic mass is 10.1. The monoisotopic (exact) mass is 443 g/mol. The van der Waals surface area contributed by atoms with Crippen LogP contribution in [-0.2, 0) is 21.4 Å². The van der Waals surface area contributed by atoms with Crippen LogP contribution in [0.5, 0.6) is 0 Å². The summed E-state index contributed by atoms with van der Waals surface area (Å²) in [5.41, 5.74) is 1.19. The Hall–Kier alpha value is -2.29. The van der Waals surface area contributed by atoms with Crippen molar-refractivity contribution in [1.29, 1.82) is 0 Å². The standard InChI is InChI=1S/C18H19Cl2N3O4S/c1-11(24)21-13-7-8-16(22-28(3,26)27)14(9-13)18(25)23(2)10-12-5-4-6-15(19)17(12)20/h4-9,22H,10H2,1-3H3,(H,21,24). The summed E-state index contributed by atoms with van der Waals surface area (Å²) in [4.78, 5) is 25.7. The first-order valence-corrected chi connectivity index (χ1v) is 10.7. The number of rotatable bonds is 6. The number of carbonyl (C=O) groups is 2. The molecule has 0 unspecified atom stereocenters. The van der Waals surface area contributed by atoms with Gasteiger partial charge in [0.1, 0.15) is 0 Å². The molecule has 28 heavy (non-hydrogen) atoms. The van der Waals surface area contributed by atoms with Gasteiger partial charge in [-0.25, -0.2) is 8.42 Å². The third kappa shape index (κ3) is 5.85. The van der Waals surface area contributed by atoms with Gasteiger partial charge in [0, 0.05) is 26.2 Å². The molecule has 0 atom stereocenters. The Morgan fingerprint density at radius 3 is 2.43 bits per heavy atom. The third-order valence-corrected chi connectivity index (χ3v) is 5.10. The fourth-order valence-corrected chi connectivity index (χ4v) is 3.45. The van der Waals surface area contributed by atoms with Gasteiger partial charge in [-0.15, -0.1) is 0 Å². The van der Waals surface area contributed by atoms with Crippen molar-refractivity contribution < 1.29 is 18.0 Å². The predicted octanol–water partition coefficient (Wildman–Crippen LogP) is 3.60. The fraction of sp³-hybridized carbons (Fsp3) is 0.222. The number of benzene rings is 2. The van der Waals surface area contributed by atoms with Crippen LogP contribution in [0.4, 0.5) is 11.4 Å². The second-order valence-corrected chi connectivity index (χ2v) is 8.72. The number of hydrogen-bond acceptors (Lipinski definition) is 4. The van der Waals surface area contributed by atoms with Crippen molar-refractivity contribution in [3.8, 4) is 0 Å². The van der Waals surface area contributed by atoms with Gasteiger partial charge in [0.25, 0.3) is 5.91 Å². The molecule has 0 bridgehead atoms. The van der Waals surface area contributed by atoms with Gasteiger partial charge < -0.3 is 10.2 Å². The highest BCUT2D eigenvalue weighted by Crippen LogP contribution is 2.28. The van der Waals surface area contributed by atoms with Crippen LogP contribution < -0.4 is 10.0 Å². The number of amides is 2. The summed E-state index contributed by atoms with van der Waals surface area (Å²) in [6.07, 6.45) is 0.985. The molecule has 7 nitrogen and oxygen atoms in total. The van der Waals surface area contributed by atoms with Crippen LogP contribution >= 0.6 is 23.2 Å². The molecule has 0 saturated heterocycles. The van der Waals surface area contributed by atoms with E-state index in [9.17, 15) is 18.0 Å². The zero-order valence-electron chi connectivity index (χ0n) is 15.4. The van der Waals surface area contributed by atoms with E-state index in [2.05, 4.69) is 10.0 Å². The summed E-state index contributed by atoms with van der Waals surface area (Å²) >= 11 is 12.2. The lowest BCUT2D eigenvalue weighted by molar-refractivity contribution is -0.114. The SMILES string of the molecule is CC(=O)Nc1ccc(NS(C)(=O)=O)c(C(=O)N(C)Cc2cccc(Cl)c2Cl)c1. The summed E-state index contributed by atoms with van der Waals surface area (Å²) in [5.74, 6) is -0.782. The average molecular weight is 444 g/mol. The van der Waals surface area contributed by atoms with E-state index >= 15 is 0 Å². The molecule has 0 aliphatic carbocycles. The van der Waals surface area contributed by atoms with E-state index in [1.165, 1.54) is 30.0 Å². The molecule has 0 aliphatic rings. The first kappa shape index (κ1) is 22.0. The number of anilines is 2. The summed E-state index contributed by atoms with van der Waals surface area (Å²) in [5, 5.41) is 3.28. The normalized spacial score (nSPS) is 11.0. The first-order chi connectivity index (χ1) is 13.0. The number of sulfonamides is 1. The molecule has 150 valence electrons. The van der Waals surface area contributed by atoms with Crippen LogP contribution in [0.15, 0.2) is 36.4 Å². The molecule has 10 heteroatoms. The number of halogens is 2. The maximum atomic E-state index is 13.0. The second kappa shape index (κ2) is 8.81. The van der Waals surface area contributed by atoms with Crippen molar-refractivity contribution >= 4 is 56.4 Å². The van der Waals surface area contributed by atoms with Crippen molar-refractivity contribution in [1.82, 2.24) is 4.90 Å². The summed E-state index contributed by atoms with van der Waals surface area (Å²) in [6.45, 7) is 1.48. The molecule has 0 heterocycles. The van der Waals surface area contributed by atoms with Crippen molar-refractivity contribution in [2.75, 3.05) is 23.3 Å². The molecule has 2 N–H and O–H groups in total. The molecule has 0 fully saturated rings. The van der Waals surface area contributed by atoms with E-state index in [0.717, 1.165) is 6.26 Å². The smallest absolute Gasteiger partial charge is 0.256 e. The molecule has 2 amide bonds. The highest BCUT2D eigenvalue weighted by Gasteiger charge is 2.20. The van der Waals surface area contributed by atoms with Crippen LogP contribution in [0.3, 0.4) is 0 Å². The minimum Gasteiger partial charge on any atom is -0.337 e.